The van der Waals surface area contributed by atoms with Gasteiger partial charge in [0.1, 0.15) is 17.2 Å². The fourth-order valence-electron chi connectivity index (χ4n) is 3.15. The number of aliphatic hydroxyl groups is 2. The highest BCUT2D eigenvalue weighted by Crippen LogP contribution is 2.38. The average molecular weight is 450 g/mol. The van der Waals surface area contributed by atoms with Crippen LogP contribution in [0.25, 0.3) is 11.2 Å². The number of alkyl halides is 3. The fraction of sp³-hybridized carbons (Fsp3) is 0.368. The molecular weight excluding hydrogens is 433 g/mol. The lowest BCUT2D eigenvalue weighted by Gasteiger charge is -2.17. The molecular formula is C19H17F3N6O2S. The Morgan fingerprint density at radius 2 is 2.10 bits per heavy atom. The highest BCUT2D eigenvalue weighted by molar-refractivity contribution is 7.99. The molecule has 0 spiro atoms. The second-order valence-electron chi connectivity index (χ2n) is 6.78. The number of fused-ring (bicyclic) bond motifs is 1. The number of imidazole rings is 1. The van der Waals surface area contributed by atoms with Crippen LogP contribution in [0.4, 0.5) is 19.0 Å². The lowest BCUT2D eigenvalue weighted by Crippen LogP contribution is -2.27. The first-order valence-electron chi connectivity index (χ1n) is 9.19. The quantitative estimate of drug-likeness (QED) is 0.519. The Morgan fingerprint density at radius 3 is 2.77 bits per heavy atom. The second-order valence-corrected chi connectivity index (χ2v) is 7.93. The number of aromatic nitrogens is 5. The average Bonchev–Trinajstić information content (AvgIpc) is 3.29. The molecule has 4 heterocycles. The molecule has 3 aromatic rings. The number of aliphatic hydroxyl groups excluding tert-OH is 2. The van der Waals surface area contributed by atoms with Gasteiger partial charge in [0.25, 0.3) is 0 Å². The maximum Gasteiger partial charge on any atom is 0.433 e. The van der Waals surface area contributed by atoms with Crippen molar-refractivity contribution in [3.05, 3.63) is 41.7 Å². The number of pyridine rings is 1. The van der Waals surface area contributed by atoms with Crippen LogP contribution in [-0.4, -0.2) is 52.7 Å². The molecule has 0 radical (unpaired) electrons. The highest BCUT2D eigenvalue weighted by atomic mass is 32.2. The highest BCUT2D eigenvalue weighted by Gasteiger charge is 2.36. The first-order valence-corrected chi connectivity index (χ1v) is 10.2. The maximum atomic E-state index is 12.9. The lowest BCUT2D eigenvalue weighted by atomic mass is 10.2. The smallest absolute Gasteiger partial charge is 0.389 e. The number of rotatable bonds is 4. The van der Waals surface area contributed by atoms with Crippen LogP contribution in [0.3, 0.4) is 0 Å². The Morgan fingerprint density at radius 1 is 1.29 bits per heavy atom. The molecule has 0 bridgehead atoms. The molecule has 0 saturated carbocycles. The SMILES string of the molecule is CC#Cc1nc(NCc2ccnc(C(F)(F)F)c2)c2ncn([C@@H]3SCC(O)C3O)c2n1. The largest absolute Gasteiger partial charge is 0.433 e. The summed E-state index contributed by atoms with van der Waals surface area (Å²) in [6.07, 6.45) is -3.81. The van der Waals surface area contributed by atoms with Gasteiger partial charge in [-0.15, -0.1) is 11.8 Å². The van der Waals surface area contributed by atoms with Crippen molar-refractivity contribution in [3.63, 3.8) is 0 Å². The molecule has 4 rings (SSSR count). The van der Waals surface area contributed by atoms with Crippen molar-refractivity contribution in [2.75, 3.05) is 11.1 Å². The van der Waals surface area contributed by atoms with Crippen LogP contribution in [-0.2, 0) is 12.7 Å². The minimum absolute atomic E-state index is 0.0447. The van der Waals surface area contributed by atoms with Crippen LogP contribution >= 0.6 is 11.8 Å². The van der Waals surface area contributed by atoms with Crippen LogP contribution in [0.5, 0.6) is 0 Å². The van der Waals surface area contributed by atoms with Crippen LogP contribution in [0.2, 0.25) is 0 Å². The summed E-state index contributed by atoms with van der Waals surface area (Å²) in [6, 6.07) is 2.43. The van der Waals surface area contributed by atoms with Crippen molar-refractivity contribution in [2.24, 2.45) is 0 Å². The zero-order chi connectivity index (χ0) is 22.2. The van der Waals surface area contributed by atoms with Gasteiger partial charge in [-0.25, -0.2) is 15.0 Å². The summed E-state index contributed by atoms with van der Waals surface area (Å²) < 4.78 is 40.4. The maximum absolute atomic E-state index is 12.9. The van der Waals surface area contributed by atoms with Crippen LogP contribution in [0.1, 0.15) is 29.4 Å². The summed E-state index contributed by atoms with van der Waals surface area (Å²) in [5, 5.41) is 22.6. The number of thioether (sulfide) groups is 1. The van der Waals surface area contributed by atoms with E-state index in [0.29, 0.717) is 28.3 Å². The van der Waals surface area contributed by atoms with E-state index in [1.165, 1.54) is 24.2 Å². The molecule has 8 nitrogen and oxygen atoms in total. The Balaban J connectivity index is 1.68. The van der Waals surface area contributed by atoms with Gasteiger partial charge in [0, 0.05) is 18.5 Å². The van der Waals surface area contributed by atoms with Crippen molar-refractivity contribution < 1.29 is 23.4 Å². The first-order chi connectivity index (χ1) is 14.8. The number of halogens is 3. The van der Waals surface area contributed by atoms with E-state index in [4.69, 9.17) is 0 Å². The minimum atomic E-state index is -4.54. The zero-order valence-electron chi connectivity index (χ0n) is 16.1. The summed E-state index contributed by atoms with van der Waals surface area (Å²) >= 11 is 1.36. The van der Waals surface area contributed by atoms with E-state index < -0.39 is 29.5 Å². The molecule has 162 valence electrons. The van der Waals surface area contributed by atoms with Crippen LogP contribution in [0.15, 0.2) is 24.7 Å². The monoisotopic (exact) mass is 450 g/mol. The zero-order valence-corrected chi connectivity index (χ0v) is 16.9. The molecule has 2 unspecified atom stereocenters. The molecule has 0 amide bonds. The molecule has 1 fully saturated rings. The predicted octanol–water partition coefficient (Wildman–Crippen LogP) is 2.19. The number of hydrogen-bond acceptors (Lipinski definition) is 8. The molecule has 0 aromatic carbocycles. The van der Waals surface area contributed by atoms with Gasteiger partial charge >= 0.3 is 6.18 Å². The third-order valence-corrected chi connectivity index (χ3v) is 6.01. The summed E-state index contributed by atoms with van der Waals surface area (Å²) in [6.45, 7) is 1.67. The van der Waals surface area contributed by atoms with Gasteiger partial charge in [-0.2, -0.15) is 13.2 Å². The van der Waals surface area contributed by atoms with E-state index in [1.54, 1.807) is 11.5 Å². The van der Waals surface area contributed by atoms with Crippen LogP contribution < -0.4 is 5.32 Å². The Kier molecular flexibility index (Phi) is 5.74. The second kappa shape index (κ2) is 8.33. The minimum Gasteiger partial charge on any atom is -0.389 e. The molecule has 1 saturated heterocycles. The van der Waals surface area contributed by atoms with Gasteiger partial charge in [0.2, 0.25) is 5.82 Å². The van der Waals surface area contributed by atoms with E-state index in [0.717, 1.165) is 12.3 Å². The predicted molar refractivity (Wildman–Crippen MR) is 108 cm³/mol. The van der Waals surface area contributed by atoms with E-state index >= 15 is 0 Å². The first kappa shape index (κ1) is 21.4. The van der Waals surface area contributed by atoms with E-state index in [9.17, 15) is 23.4 Å². The number of nitrogens with one attached hydrogen (secondary N) is 1. The Bertz CT molecular complexity index is 1170. The third kappa shape index (κ3) is 4.30. The molecule has 3 aromatic heterocycles. The third-order valence-electron chi connectivity index (χ3n) is 4.63. The van der Waals surface area contributed by atoms with Gasteiger partial charge in [0.05, 0.1) is 12.4 Å². The Labute approximate surface area is 179 Å². The van der Waals surface area contributed by atoms with Gasteiger partial charge in [-0.05, 0) is 30.5 Å². The fourth-order valence-corrected chi connectivity index (χ4v) is 4.43. The van der Waals surface area contributed by atoms with E-state index in [1.807, 2.05) is 0 Å². The molecule has 1 aliphatic rings. The van der Waals surface area contributed by atoms with Crippen molar-refractivity contribution in [2.45, 2.75) is 37.2 Å². The molecule has 12 heteroatoms. The van der Waals surface area contributed by atoms with E-state index in [2.05, 4.69) is 37.1 Å². The summed E-state index contributed by atoms with van der Waals surface area (Å²) in [7, 11) is 0. The van der Waals surface area contributed by atoms with Gasteiger partial charge in [0.15, 0.2) is 17.0 Å². The van der Waals surface area contributed by atoms with Gasteiger partial charge in [-0.1, -0.05) is 5.92 Å². The van der Waals surface area contributed by atoms with Crippen molar-refractivity contribution in [1.29, 1.82) is 0 Å². The summed E-state index contributed by atoms with van der Waals surface area (Å²) in [5.41, 5.74) is 0.154. The summed E-state index contributed by atoms with van der Waals surface area (Å²) in [4.78, 5) is 16.4. The molecule has 31 heavy (non-hydrogen) atoms. The van der Waals surface area contributed by atoms with E-state index in [-0.39, 0.29) is 12.4 Å². The Hall–Kier alpha value is -2.88. The number of nitrogens with zero attached hydrogens (tertiary/aromatic N) is 5. The topological polar surface area (TPSA) is 109 Å². The normalized spacial score (nSPS) is 21.2. The van der Waals surface area contributed by atoms with Crippen LogP contribution in [0, 0.1) is 11.8 Å². The number of anilines is 1. The van der Waals surface area contributed by atoms with Crippen molar-refractivity contribution in [1.82, 2.24) is 24.5 Å². The van der Waals surface area contributed by atoms with Gasteiger partial charge < -0.3 is 15.5 Å². The molecule has 1 aliphatic heterocycles. The van der Waals surface area contributed by atoms with Gasteiger partial charge in [-0.3, -0.25) is 9.55 Å². The molecule has 3 atom stereocenters. The van der Waals surface area contributed by atoms with Crippen molar-refractivity contribution in [3.8, 4) is 11.8 Å². The standard InChI is InChI=1S/C19H17F3N6O2S/c1-2-3-13-26-16(24-7-10-4-5-23-12(6-10)19(20,21)22)14-17(27-13)28(9-25-14)18-15(30)11(29)8-31-18/h4-6,9,11,15,18,29-30H,7-8H2,1H3,(H,24,26,27)/t11?,15?,18-/m1/s1. The molecule has 3 N–H and O–H groups in total. The summed E-state index contributed by atoms with van der Waals surface area (Å²) in [5.74, 6) is 6.34. The van der Waals surface area contributed by atoms with Crippen molar-refractivity contribution >= 4 is 28.7 Å². The number of hydrogen-bond donors (Lipinski definition) is 3. The lowest BCUT2D eigenvalue weighted by molar-refractivity contribution is -0.141. The molecule has 0 aliphatic carbocycles.